The zero-order valence-electron chi connectivity index (χ0n) is 10.8. The molecule has 0 aliphatic rings. The van der Waals surface area contributed by atoms with Gasteiger partial charge in [0, 0.05) is 0 Å². The maximum atomic E-state index is 11.2. The first-order chi connectivity index (χ1) is 8.60. The van der Waals surface area contributed by atoms with Crippen LogP contribution in [0.4, 0.5) is 0 Å². The summed E-state index contributed by atoms with van der Waals surface area (Å²) in [6.45, 7) is 5.57. The Morgan fingerprint density at radius 3 is 2.61 bits per heavy atom. The molecule has 0 heterocycles. The minimum Gasteiger partial charge on any atom is -0.466 e. The van der Waals surface area contributed by atoms with E-state index in [1.165, 1.54) is 0 Å². The Morgan fingerprint density at radius 1 is 1.33 bits per heavy atom. The highest BCUT2D eigenvalue weighted by Crippen LogP contribution is 2.01. The fourth-order valence-electron chi connectivity index (χ4n) is 1.14. The zero-order chi connectivity index (χ0) is 13.8. The third-order valence-corrected chi connectivity index (χ3v) is 2.14. The number of carbonyl (C=O) groups excluding carboxylic acids is 2. The number of terminal acetylenes is 1. The van der Waals surface area contributed by atoms with Crippen molar-refractivity contribution in [2.45, 2.75) is 45.1 Å². The van der Waals surface area contributed by atoms with Crippen LogP contribution < -0.4 is 0 Å². The standard InChI is InChI=1S/C14H20O4/c1-4-6-7-8-11-17-13(15)9-10-14(16)18-12(3)5-2/h2,4,12H,1,6-11H2,3H3. The summed E-state index contributed by atoms with van der Waals surface area (Å²) in [5, 5.41) is 0. The Bertz CT molecular complexity index is 314. The lowest BCUT2D eigenvalue weighted by Gasteiger charge is -2.07. The summed E-state index contributed by atoms with van der Waals surface area (Å²) in [7, 11) is 0. The minimum atomic E-state index is -0.563. The maximum Gasteiger partial charge on any atom is 0.307 e. The van der Waals surface area contributed by atoms with Crippen LogP contribution in [0.5, 0.6) is 0 Å². The van der Waals surface area contributed by atoms with Gasteiger partial charge in [0.25, 0.3) is 0 Å². The number of carbonyl (C=O) groups is 2. The van der Waals surface area contributed by atoms with E-state index in [2.05, 4.69) is 12.5 Å². The van der Waals surface area contributed by atoms with Gasteiger partial charge in [0.1, 0.15) is 0 Å². The topological polar surface area (TPSA) is 52.6 Å². The lowest BCUT2D eigenvalue weighted by atomic mass is 10.2. The molecule has 1 unspecified atom stereocenters. The van der Waals surface area contributed by atoms with E-state index in [0.717, 1.165) is 19.3 Å². The maximum absolute atomic E-state index is 11.2. The van der Waals surface area contributed by atoms with Gasteiger partial charge < -0.3 is 9.47 Å². The normalized spacial score (nSPS) is 11.1. The summed E-state index contributed by atoms with van der Waals surface area (Å²) in [4.78, 5) is 22.4. The fraction of sp³-hybridized carbons (Fsp3) is 0.571. The lowest BCUT2D eigenvalue weighted by molar-refractivity contribution is -0.151. The van der Waals surface area contributed by atoms with Gasteiger partial charge in [-0.1, -0.05) is 12.0 Å². The Balaban J connectivity index is 3.55. The Morgan fingerprint density at radius 2 is 2.00 bits per heavy atom. The summed E-state index contributed by atoms with van der Waals surface area (Å²) in [5.41, 5.74) is 0. The van der Waals surface area contributed by atoms with Crippen LogP contribution in [0.2, 0.25) is 0 Å². The summed E-state index contributed by atoms with van der Waals surface area (Å²) in [6, 6.07) is 0. The van der Waals surface area contributed by atoms with Crippen molar-refractivity contribution in [3.63, 3.8) is 0 Å². The van der Waals surface area contributed by atoms with Crippen LogP contribution in [0.1, 0.15) is 39.0 Å². The van der Waals surface area contributed by atoms with Crippen molar-refractivity contribution < 1.29 is 19.1 Å². The second kappa shape index (κ2) is 10.4. The van der Waals surface area contributed by atoms with Gasteiger partial charge in [0.2, 0.25) is 0 Å². The van der Waals surface area contributed by atoms with E-state index < -0.39 is 12.1 Å². The molecule has 0 fully saturated rings. The molecule has 4 heteroatoms. The van der Waals surface area contributed by atoms with Crippen molar-refractivity contribution in [1.29, 1.82) is 0 Å². The second-order valence-corrected chi connectivity index (χ2v) is 3.80. The number of hydrogen-bond acceptors (Lipinski definition) is 4. The SMILES string of the molecule is C#CC(C)OC(=O)CCC(=O)OCCCCC=C. The monoisotopic (exact) mass is 252 g/mol. The molecule has 0 aromatic heterocycles. The van der Waals surface area contributed by atoms with Crippen LogP contribution in [-0.4, -0.2) is 24.6 Å². The van der Waals surface area contributed by atoms with Gasteiger partial charge >= 0.3 is 11.9 Å². The Hall–Kier alpha value is -1.76. The van der Waals surface area contributed by atoms with Gasteiger partial charge in [-0.3, -0.25) is 9.59 Å². The third-order valence-electron chi connectivity index (χ3n) is 2.14. The van der Waals surface area contributed by atoms with Crippen molar-refractivity contribution in [3.05, 3.63) is 12.7 Å². The molecule has 0 spiro atoms. The van der Waals surface area contributed by atoms with Gasteiger partial charge in [0.15, 0.2) is 6.10 Å². The molecule has 0 radical (unpaired) electrons. The van der Waals surface area contributed by atoms with E-state index in [4.69, 9.17) is 15.9 Å². The summed E-state index contributed by atoms with van der Waals surface area (Å²) < 4.78 is 9.76. The van der Waals surface area contributed by atoms with Crippen LogP contribution in [0, 0.1) is 12.3 Å². The van der Waals surface area contributed by atoms with Crippen molar-refractivity contribution in [2.75, 3.05) is 6.61 Å². The predicted octanol–water partition coefficient (Wildman–Crippen LogP) is 2.23. The molecule has 18 heavy (non-hydrogen) atoms. The van der Waals surface area contributed by atoms with Crippen LogP contribution in [-0.2, 0) is 19.1 Å². The van der Waals surface area contributed by atoms with Gasteiger partial charge in [-0.15, -0.1) is 13.0 Å². The molecule has 0 saturated heterocycles. The number of ether oxygens (including phenoxy) is 2. The van der Waals surface area contributed by atoms with Crippen LogP contribution in [0.3, 0.4) is 0 Å². The summed E-state index contributed by atoms with van der Waals surface area (Å²) in [5.74, 6) is 1.40. The molecule has 0 aliphatic carbocycles. The summed E-state index contributed by atoms with van der Waals surface area (Å²) in [6.07, 6.45) is 9.00. The molecule has 0 saturated carbocycles. The Kier molecular flexibility index (Phi) is 9.38. The average Bonchev–Trinajstić information content (AvgIpc) is 2.36. The summed E-state index contributed by atoms with van der Waals surface area (Å²) >= 11 is 0. The lowest BCUT2D eigenvalue weighted by Crippen LogP contribution is -2.15. The highest BCUT2D eigenvalue weighted by molar-refractivity contribution is 5.77. The smallest absolute Gasteiger partial charge is 0.307 e. The largest absolute Gasteiger partial charge is 0.466 e. The van der Waals surface area contributed by atoms with Crippen LogP contribution >= 0.6 is 0 Å². The third kappa shape index (κ3) is 9.46. The van der Waals surface area contributed by atoms with Crippen molar-refractivity contribution in [1.82, 2.24) is 0 Å². The van der Waals surface area contributed by atoms with Crippen LogP contribution in [0.15, 0.2) is 12.7 Å². The van der Waals surface area contributed by atoms with Crippen molar-refractivity contribution in [2.24, 2.45) is 0 Å². The average molecular weight is 252 g/mol. The molecule has 1 atom stereocenters. The van der Waals surface area contributed by atoms with E-state index in [1.54, 1.807) is 6.92 Å². The molecule has 0 N–H and O–H groups in total. The van der Waals surface area contributed by atoms with E-state index in [1.807, 2.05) is 6.08 Å². The van der Waals surface area contributed by atoms with Crippen LogP contribution in [0.25, 0.3) is 0 Å². The molecule has 0 aromatic rings. The predicted molar refractivity (Wildman–Crippen MR) is 68.6 cm³/mol. The number of hydrogen-bond donors (Lipinski definition) is 0. The first kappa shape index (κ1) is 16.2. The minimum absolute atomic E-state index is 0.00247. The molecular formula is C14H20O4. The number of esters is 2. The number of allylic oxidation sites excluding steroid dienone is 1. The van der Waals surface area contributed by atoms with Crippen molar-refractivity contribution >= 4 is 11.9 Å². The van der Waals surface area contributed by atoms with Gasteiger partial charge in [-0.25, -0.2) is 0 Å². The fourth-order valence-corrected chi connectivity index (χ4v) is 1.14. The molecule has 0 aromatic carbocycles. The molecule has 0 bridgehead atoms. The number of rotatable bonds is 9. The first-order valence-corrected chi connectivity index (χ1v) is 6.02. The molecule has 0 aliphatic heterocycles. The molecule has 0 amide bonds. The second-order valence-electron chi connectivity index (χ2n) is 3.80. The van der Waals surface area contributed by atoms with Gasteiger partial charge in [-0.2, -0.15) is 0 Å². The molecular weight excluding hydrogens is 232 g/mol. The van der Waals surface area contributed by atoms with Gasteiger partial charge in [0.05, 0.1) is 19.4 Å². The van der Waals surface area contributed by atoms with E-state index in [-0.39, 0.29) is 18.8 Å². The zero-order valence-corrected chi connectivity index (χ0v) is 10.8. The van der Waals surface area contributed by atoms with Crippen molar-refractivity contribution in [3.8, 4) is 12.3 Å². The highest BCUT2D eigenvalue weighted by Gasteiger charge is 2.10. The first-order valence-electron chi connectivity index (χ1n) is 6.02. The highest BCUT2D eigenvalue weighted by atomic mass is 16.5. The molecule has 4 nitrogen and oxygen atoms in total. The van der Waals surface area contributed by atoms with E-state index >= 15 is 0 Å². The van der Waals surface area contributed by atoms with E-state index in [0.29, 0.717) is 6.61 Å². The Labute approximate surface area is 108 Å². The number of unbranched alkanes of at least 4 members (excludes halogenated alkanes) is 2. The van der Waals surface area contributed by atoms with E-state index in [9.17, 15) is 9.59 Å². The molecule has 100 valence electrons. The quantitative estimate of drug-likeness (QED) is 0.273. The molecule has 0 rings (SSSR count). The van der Waals surface area contributed by atoms with Gasteiger partial charge in [-0.05, 0) is 26.2 Å².